The summed E-state index contributed by atoms with van der Waals surface area (Å²) in [6.07, 6.45) is 5.35. The highest BCUT2D eigenvalue weighted by Crippen LogP contribution is 2.52. The number of benzene rings is 2. The SMILES string of the molecule is Cn1nc(C2CC3C=C(c4ccccc4)CC3C2)c(C(=O)Nc2ccc(F)c(Cl)c2)c1N. The van der Waals surface area contributed by atoms with Gasteiger partial charge in [0.05, 0.1) is 10.7 Å². The molecule has 3 unspecified atom stereocenters. The Morgan fingerprint density at radius 3 is 2.72 bits per heavy atom. The van der Waals surface area contributed by atoms with Gasteiger partial charge in [-0.3, -0.25) is 9.48 Å². The van der Waals surface area contributed by atoms with Gasteiger partial charge >= 0.3 is 0 Å². The summed E-state index contributed by atoms with van der Waals surface area (Å²) in [6.45, 7) is 0. The number of aromatic nitrogens is 2. The minimum Gasteiger partial charge on any atom is -0.383 e. The fourth-order valence-electron chi connectivity index (χ4n) is 5.14. The number of anilines is 2. The highest BCUT2D eigenvalue weighted by molar-refractivity contribution is 6.31. The lowest BCUT2D eigenvalue weighted by atomic mass is 9.94. The summed E-state index contributed by atoms with van der Waals surface area (Å²) < 4.78 is 15.0. The molecule has 0 bridgehead atoms. The maximum atomic E-state index is 13.5. The van der Waals surface area contributed by atoms with Crippen molar-refractivity contribution in [1.29, 1.82) is 0 Å². The molecule has 1 fully saturated rings. The second kappa shape index (κ2) is 8.10. The van der Waals surface area contributed by atoms with Crippen molar-refractivity contribution in [3.05, 3.63) is 82.3 Å². The van der Waals surface area contributed by atoms with Gasteiger partial charge in [0.15, 0.2) is 0 Å². The summed E-state index contributed by atoms with van der Waals surface area (Å²) in [5.74, 6) is 0.621. The highest BCUT2D eigenvalue weighted by atomic mass is 35.5. The van der Waals surface area contributed by atoms with Crippen LogP contribution >= 0.6 is 11.6 Å². The van der Waals surface area contributed by atoms with Crippen LogP contribution in [0.25, 0.3) is 5.57 Å². The van der Waals surface area contributed by atoms with Gasteiger partial charge in [0.25, 0.3) is 5.91 Å². The van der Waals surface area contributed by atoms with E-state index < -0.39 is 5.82 Å². The quantitative estimate of drug-likeness (QED) is 0.539. The number of nitrogens with one attached hydrogen (secondary N) is 1. The third-order valence-corrected chi connectivity index (χ3v) is 6.99. The molecule has 1 amide bonds. The number of rotatable bonds is 4. The van der Waals surface area contributed by atoms with Gasteiger partial charge in [-0.2, -0.15) is 5.10 Å². The van der Waals surface area contributed by atoms with E-state index in [1.165, 1.54) is 29.3 Å². The largest absolute Gasteiger partial charge is 0.383 e. The van der Waals surface area contributed by atoms with E-state index in [9.17, 15) is 9.18 Å². The number of nitrogens with zero attached hydrogens (tertiary/aromatic N) is 2. The zero-order valence-corrected chi connectivity index (χ0v) is 18.4. The molecule has 164 valence electrons. The van der Waals surface area contributed by atoms with E-state index in [-0.39, 0.29) is 16.8 Å². The fourth-order valence-corrected chi connectivity index (χ4v) is 5.32. The molecule has 1 saturated carbocycles. The Morgan fingerprint density at radius 1 is 1.22 bits per heavy atom. The third kappa shape index (κ3) is 3.69. The first-order chi connectivity index (χ1) is 15.4. The lowest BCUT2D eigenvalue weighted by Gasteiger charge is -2.12. The van der Waals surface area contributed by atoms with Gasteiger partial charge in [-0.15, -0.1) is 0 Å². The molecule has 0 saturated heterocycles. The lowest BCUT2D eigenvalue weighted by Crippen LogP contribution is -2.16. The van der Waals surface area contributed by atoms with Gasteiger partial charge in [-0.1, -0.05) is 48.0 Å². The van der Waals surface area contributed by atoms with Crippen LogP contribution in [0.4, 0.5) is 15.9 Å². The van der Waals surface area contributed by atoms with Crippen molar-refractivity contribution < 1.29 is 9.18 Å². The zero-order chi connectivity index (χ0) is 22.4. The van der Waals surface area contributed by atoms with Crippen LogP contribution in [0.1, 0.15) is 46.8 Å². The van der Waals surface area contributed by atoms with Crippen molar-refractivity contribution in [3.63, 3.8) is 0 Å². The molecule has 0 aliphatic heterocycles. The molecule has 1 heterocycles. The Labute approximate surface area is 191 Å². The second-order valence-corrected chi connectivity index (χ2v) is 9.11. The Kier molecular flexibility index (Phi) is 5.25. The lowest BCUT2D eigenvalue weighted by molar-refractivity contribution is 0.102. The first kappa shape index (κ1) is 20.8. The average molecular weight is 451 g/mol. The number of nitrogens with two attached hydrogens (primary N) is 1. The Bertz CT molecular complexity index is 1220. The van der Waals surface area contributed by atoms with Crippen molar-refractivity contribution in [3.8, 4) is 0 Å². The highest BCUT2D eigenvalue weighted by Gasteiger charge is 2.41. The maximum absolute atomic E-state index is 13.5. The summed E-state index contributed by atoms with van der Waals surface area (Å²) in [7, 11) is 1.74. The first-order valence-electron chi connectivity index (χ1n) is 10.8. The standard InChI is InChI=1S/C25H24ClFN4O/c1-31-24(28)22(25(32)29-19-7-8-21(27)20(26)13-19)23(30-31)18-11-16-9-15(10-17(16)12-18)14-5-3-2-4-6-14/h2-9,13,16-18H,10-12,28H2,1H3,(H,29,32). The van der Waals surface area contributed by atoms with Crippen molar-refractivity contribution in [2.75, 3.05) is 11.1 Å². The summed E-state index contributed by atoms with van der Waals surface area (Å²) in [5, 5.41) is 7.35. The van der Waals surface area contributed by atoms with Gasteiger partial charge in [0.2, 0.25) is 0 Å². The van der Waals surface area contributed by atoms with Crippen LogP contribution in [0.2, 0.25) is 5.02 Å². The van der Waals surface area contributed by atoms with Crippen LogP contribution < -0.4 is 11.1 Å². The number of hydrogen-bond donors (Lipinski definition) is 2. The normalized spacial score (nSPS) is 22.0. The Hall–Kier alpha value is -3.12. The van der Waals surface area contributed by atoms with E-state index in [0.717, 1.165) is 25.0 Å². The number of nitrogen functional groups attached to an aromatic ring is 1. The predicted molar refractivity (Wildman–Crippen MR) is 125 cm³/mol. The smallest absolute Gasteiger partial charge is 0.261 e. The number of carbonyl (C=O) groups is 1. The molecule has 7 heteroatoms. The molecule has 5 rings (SSSR count). The minimum absolute atomic E-state index is 0.0493. The monoisotopic (exact) mass is 450 g/mol. The van der Waals surface area contributed by atoms with Crippen LogP contribution in [0, 0.1) is 17.7 Å². The molecule has 3 N–H and O–H groups in total. The molecule has 32 heavy (non-hydrogen) atoms. The van der Waals surface area contributed by atoms with Gasteiger partial charge in [-0.25, -0.2) is 4.39 Å². The molecule has 3 atom stereocenters. The molecule has 3 aromatic rings. The number of fused-ring (bicyclic) bond motifs is 1. The molecule has 5 nitrogen and oxygen atoms in total. The molecule has 2 aliphatic carbocycles. The summed E-state index contributed by atoms with van der Waals surface area (Å²) in [6, 6.07) is 14.6. The van der Waals surface area contributed by atoms with Crippen molar-refractivity contribution in [1.82, 2.24) is 9.78 Å². The molecule has 2 aromatic carbocycles. The Balaban J connectivity index is 1.38. The van der Waals surface area contributed by atoms with Crippen LogP contribution in [0.3, 0.4) is 0 Å². The minimum atomic E-state index is -0.535. The van der Waals surface area contributed by atoms with Crippen LogP contribution in [-0.4, -0.2) is 15.7 Å². The fraction of sp³-hybridized carbons (Fsp3) is 0.280. The van der Waals surface area contributed by atoms with Gasteiger partial charge < -0.3 is 11.1 Å². The van der Waals surface area contributed by atoms with E-state index in [1.54, 1.807) is 11.7 Å². The summed E-state index contributed by atoms with van der Waals surface area (Å²) in [5.41, 5.74) is 10.5. The number of halogens is 2. The number of carbonyl (C=O) groups excluding carboxylic acids is 1. The predicted octanol–water partition coefficient (Wildman–Crippen LogP) is 5.64. The first-order valence-corrected chi connectivity index (χ1v) is 11.1. The van der Waals surface area contributed by atoms with E-state index in [0.29, 0.717) is 28.9 Å². The summed E-state index contributed by atoms with van der Waals surface area (Å²) >= 11 is 5.85. The van der Waals surface area contributed by atoms with E-state index in [4.69, 9.17) is 17.3 Å². The molecule has 2 aliphatic rings. The Morgan fingerprint density at radius 2 is 2.00 bits per heavy atom. The van der Waals surface area contributed by atoms with Crippen molar-refractivity contribution in [2.24, 2.45) is 18.9 Å². The summed E-state index contributed by atoms with van der Waals surface area (Å²) in [4.78, 5) is 13.1. The molecule has 0 radical (unpaired) electrons. The maximum Gasteiger partial charge on any atom is 0.261 e. The van der Waals surface area contributed by atoms with Crippen LogP contribution in [-0.2, 0) is 7.05 Å². The van der Waals surface area contributed by atoms with E-state index in [1.807, 2.05) is 6.07 Å². The van der Waals surface area contributed by atoms with Crippen molar-refractivity contribution >= 4 is 34.6 Å². The molecule has 0 spiro atoms. The number of allylic oxidation sites excluding steroid dienone is 2. The van der Waals surface area contributed by atoms with Crippen molar-refractivity contribution in [2.45, 2.75) is 25.2 Å². The molecular weight excluding hydrogens is 427 g/mol. The van der Waals surface area contributed by atoms with Gasteiger partial charge in [0.1, 0.15) is 17.2 Å². The zero-order valence-electron chi connectivity index (χ0n) is 17.7. The van der Waals surface area contributed by atoms with Gasteiger partial charge in [0, 0.05) is 18.7 Å². The third-order valence-electron chi connectivity index (χ3n) is 6.70. The number of amides is 1. The van der Waals surface area contributed by atoms with Crippen LogP contribution in [0.5, 0.6) is 0 Å². The molecular formula is C25H24ClFN4O. The molecule has 1 aromatic heterocycles. The topological polar surface area (TPSA) is 72.9 Å². The van der Waals surface area contributed by atoms with E-state index in [2.05, 4.69) is 40.8 Å². The van der Waals surface area contributed by atoms with Gasteiger partial charge in [-0.05, 0) is 60.4 Å². The number of aryl methyl sites for hydroxylation is 1. The van der Waals surface area contributed by atoms with Crippen LogP contribution in [0.15, 0.2) is 54.6 Å². The second-order valence-electron chi connectivity index (χ2n) is 8.71. The average Bonchev–Trinajstić information content (AvgIpc) is 3.43. The number of hydrogen-bond acceptors (Lipinski definition) is 3. The van der Waals surface area contributed by atoms with E-state index >= 15 is 0 Å².